The normalized spacial score (nSPS) is 24.9. The minimum Gasteiger partial charge on any atom is -0.465 e. The van der Waals surface area contributed by atoms with Crippen molar-refractivity contribution in [1.82, 2.24) is 0 Å². The third-order valence-corrected chi connectivity index (χ3v) is 4.85. The van der Waals surface area contributed by atoms with E-state index >= 15 is 0 Å². The van der Waals surface area contributed by atoms with E-state index < -0.39 is 5.92 Å². The number of Topliss-reactive ketones (excluding diaryl/α,β-unsaturated/α-hetero) is 1. The Hall–Kier alpha value is -1.75. The van der Waals surface area contributed by atoms with E-state index in [1.807, 2.05) is 17.5 Å². The molecule has 2 heterocycles. The maximum Gasteiger partial charge on any atom is 0.315 e. The highest BCUT2D eigenvalue weighted by Crippen LogP contribution is 2.43. The van der Waals surface area contributed by atoms with Crippen LogP contribution in [-0.2, 0) is 14.3 Å². The molecule has 3 rings (SSSR count). The van der Waals surface area contributed by atoms with Gasteiger partial charge in [0.1, 0.15) is 5.92 Å². The molecule has 2 atom stereocenters. The highest BCUT2D eigenvalue weighted by Gasteiger charge is 2.40. The number of hydrogen-bond donors (Lipinski definition) is 0. The lowest BCUT2D eigenvalue weighted by Gasteiger charge is -2.30. The van der Waals surface area contributed by atoms with Gasteiger partial charge in [-0.05, 0) is 31.2 Å². The van der Waals surface area contributed by atoms with E-state index in [2.05, 4.69) is 4.99 Å². The lowest BCUT2D eigenvalue weighted by atomic mass is 9.76. The average Bonchev–Trinajstić information content (AvgIpc) is 3.00. The van der Waals surface area contributed by atoms with Crippen LogP contribution in [0.3, 0.4) is 0 Å². The Bertz CT molecular complexity index is 615. The summed E-state index contributed by atoms with van der Waals surface area (Å²) in [6, 6.07) is 3.93. The largest absolute Gasteiger partial charge is 0.465 e. The summed E-state index contributed by atoms with van der Waals surface area (Å²) >= 11 is 1.57. The molecular formula is C16H17NO3S. The first-order chi connectivity index (χ1) is 10.2. The van der Waals surface area contributed by atoms with Crippen molar-refractivity contribution in [3.63, 3.8) is 0 Å². The summed E-state index contributed by atoms with van der Waals surface area (Å²) in [5.41, 5.74) is 1.58. The minimum atomic E-state index is -0.496. The number of rotatable bonds is 3. The molecule has 0 spiro atoms. The Morgan fingerprint density at radius 3 is 3.05 bits per heavy atom. The fourth-order valence-electron chi connectivity index (χ4n) is 2.99. The number of thiophene rings is 1. The zero-order valence-electron chi connectivity index (χ0n) is 11.9. The summed E-state index contributed by atoms with van der Waals surface area (Å²) in [4.78, 5) is 30.0. The standard InChI is InChI=1S/C16H17NO3S/c1-2-20-16(19)10-9-17-11-5-3-6-12(18)15(11)14(10)13-7-4-8-21-13/h4,7-10,14H,2-3,5-6H2,1H3/t10?,14-/m1/s1. The highest BCUT2D eigenvalue weighted by atomic mass is 32.1. The molecule has 1 unspecified atom stereocenters. The van der Waals surface area contributed by atoms with Gasteiger partial charge in [-0.1, -0.05) is 6.07 Å². The number of carbonyl (C=O) groups excluding carboxylic acids is 2. The molecule has 0 radical (unpaired) electrons. The van der Waals surface area contributed by atoms with E-state index in [-0.39, 0.29) is 17.7 Å². The zero-order valence-corrected chi connectivity index (χ0v) is 12.7. The first-order valence-corrected chi connectivity index (χ1v) is 8.10. The van der Waals surface area contributed by atoms with Crippen molar-refractivity contribution in [3.8, 4) is 0 Å². The minimum absolute atomic E-state index is 0.126. The molecule has 0 saturated heterocycles. The molecule has 5 heteroatoms. The van der Waals surface area contributed by atoms with Crippen LogP contribution in [0.25, 0.3) is 0 Å². The number of nitrogens with zero attached hydrogens (tertiary/aromatic N) is 1. The van der Waals surface area contributed by atoms with Crippen LogP contribution in [0.4, 0.5) is 0 Å². The Labute approximate surface area is 127 Å². The molecule has 1 aromatic heterocycles. The van der Waals surface area contributed by atoms with Crippen molar-refractivity contribution < 1.29 is 14.3 Å². The number of allylic oxidation sites excluding steroid dienone is 2. The van der Waals surface area contributed by atoms with E-state index in [0.29, 0.717) is 13.0 Å². The van der Waals surface area contributed by atoms with Gasteiger partial charge in [0, 0.05) is 34.7 Å². The van der Waals surface area contributed by atoms with Crippen LogP contribution in [0.5, 0.6) is 0 Å². The van der Waals surface area contributed by atoms with E-state index in [9.17, 15) is 9.59 Å². The Kier molecular flexibility index (Phi) is 4.01. The van der Waals surface area contributed by atoms with Gasteiger partial charge in [-0.2, -0.15) is 0 Å². The van der Waals surface area contributed by atoms with Gasteiger partial charge in [0.15, 0.2) is 5.78 Å². The number of esters is 1. The van der Waals surface area contributed by atoms with Crippen molar-refractivity contribution in [2.24, 2.45) is 10.9 Å². The maximum absolute atomic E-state index is 12.4. The SMILES string of the molecule is CCOC(=O)C1C=NC2=C(C(=O)CCC2)[C@H]1c1cccs1. The predicted octanol–water partition coefficient (Wildman–Crippen LogP) is 3.10. The van der Waals surface area contributed by atoms with Gasteiger partial charge in [0.25, 0.3) is 0 Å². The molecule has 2 aliphatic rings. The molecule has 21 heavy (non-hydrogen) atoms. The Morgan fingerprint density at radius 2 is 2.33 bits per heavy atom. The molecule has 110 valence electrons. The van der Waals surface area contributed by atoms with Crippen molar-refractivity contribution in [2.75, 3.05) is 6.61 Å². The summed E-state index contributed by atoms with van der Waals surface area (Å²) in [6.45, 7) is 2.12. The monoisotopic (exact) mass is 303 g/mol. The topological polar surface area (TPSA) is 55.7 Å². The molecule has 1 aliphatic heterocycles. The summed E-state index contributed by atoms with van der Waals surface area (Å²) < 4.78 is 5.17. The van der Waals surface area contributed by atoms with E-state index in [1.54, 1.807) is 24.5 Å². The summed E-state index contributed by atoms with van der Waals surface area (Å²) in [5.74, 6) is -0.904. The van der Waals surface area contributed by atoms with Gasteiger partial charge in [0.05, 0.1) is 6.61 Å². The third kappa shape index (κ3) is 2.58. The van der Waals surface area contributed by atoms with Crippen molar-refractivity contribution >= 4 is 29.3 Å². The van der Waals surface area contributed by atoms with Gasteiger partial charge < -0.3 is 4.74 Å². The van der Waals surface area contributed by atoms with Gasteiger partial charge in [0.2, 0.25) is 0 Å². The number of ketones is 1. The molecule has 1 aliphatic carbocycles. The van der Waals surface area contributed by atoms with Crippen LogP contribution < -0.4 is 0 Å². The van der Waals surface area contributed by atoms with Gasteiger partial charge in [-0.15, -0.1) is 11.3 Å². The fourth-order valence-corrected chi connectivity index (χ4v) is 3.87. The highest BCUT2D eigenvalue weighted by molar-refractivity contribution is 7.10. The van der Waals surface area contributed by atoms with Crippen LogP contribution in [0.1, 0.15) is 37.0 Å². The molecule has 0 aromatic carbocycles. The van der Waals surface area contributed by atoms with Crippen molar-refractivity contribution in [2.45, 2.75) is 32.1 Å². The van der Waals surface area contributed by atoms with Crippen LogP contribution in [-0.4, -0.2) is 24.6 Å². The van der Waals surface area contributed by atoms with Crippen molar-refractivity contribution in [1.29, 1.82) is 0 Å². The maximum atomic E-state index is 12.4. The Morgan fingerprint density at radius 1 is 1.48 bits per heavy atom. The van der Waals surface area contributed by atoms with Gasteiger partial charge in [-0.25, -0.2) is 0 Å². The molecule has 0 saturated carbocycles. The molecular weight excluding hydrogens is 286 g/mol. The molecule has 0 N–H and O–H groups in total. The lowest BCUT2D eigenvalue weighted by molar-refractivity contribution is -0.145. The number of hydrogen-bond acceptors (Lipinski definition) is 5. The number of ether oxygens (including phenoxy) is 1. The second-order valence-electron chi connectivity index (χ2n) is 5.19. The molecule has 1 aromatic rings. The second kappa shape index (κ2) is 5.93. The van der Waals surface area contributed by atoms with Crippen LogP contribution >= 0.6 is 11.3 Å². The molecule has 0 fully saturated rings. The Balaban J connectivity index is 2.04. The third-order valence-electron chi connectivity index (χ3n) is 3.90. The summed E-state index contributed by atoms with van der Waals surface area (Å²) in [6.07, 6.45) is 3.87. The fraction of sp³-hybridized carbons (Fsp3) is 0.438. The second-order valence-corrected chi connectivity index (χ2v) is 6.17. The summed E-state index contributed by atoms with van der Waals surface area (Å²) in [7, 11) is 0. The number of aliphatic imine (C=N–C) groups is 1. The smallest absolute Gasteiger partial charge is 0.315 e. The lowest BCUT2D eigenvalue weighted by Crippen LogP contribution is -2.33. The van der Waals surface area contributed by atoms with Crippen molar-refractivity contribution in [3.05, 3.63) is 33.7 Å². The molecule has 0 bridgehead atoms. The number of carbonyl (C=O) groups is 2. The average molecular weight is 303 g/mol. The first kappa shape index (κ1) is 14.2. The van der Waals surface area contributed by atoms with E-state index in [1.165, 1.54) is 0 Å². The molecule has 0 amide bonds. The van der Waals surface area contributed by atoms with Crippen LogP contribution in [0.2, 0.25) is 0 Å². The van der Waals surface area contributed by atoms with Crippen LogP contribution in [0.15, 0.2) is 33.8 Å². The first-order valence-electron chi connectivity index (χ1n) is 7.22. The molecule has 4 nitrogen and oxygen atoms in total. The van der Waals surface area contributed by atoms with Gasteiger partial charge >= 0.3 is 5.97 Å². The van der Waals surface area contributed by atoms with E-state index in [0.717, 1.165) is 29.0 Å². The van der Waals surface area contributed by atoms with Gasteiger partial charge in [-0.3, -0.25) is 14.6 Å². The van der Waals surface area contributed by atoms with E-state index in [4.69, 9.17) is 4.74 Å². The predicted molar refractivity (Wildman–Crippen MR) is 81.6 cm³/mol. The van der Waals surface area contributed by atoms with Crippen LogP contribution in [0, 0.1) is 5.92 Å². The zero-order chi connectivity index (χ0) is 14.8. The summed E-state index contributed by atoms with van der Waals surface area (Å²) in [5, 5.41) is 1.97. The quantitative estimate of drug-likeness (QED) is 0.806.